The third-order valence-electron chi connectivity index (χ3n) is 5.67. The van der Waals surface area contributed by atoms with E-state index in [1.165, 1.54) is 62.0 Å². The Kier molecular flexibility index (Phi) is 5.31. The second-order valence-electron chi connectivity index (χ2n) is 7.43. The molecule has 25 heavy (non-hydrogen) atoms. The highest BCUT2D eigenvalue weighted by Crippen LogP contribution is 2.37. The largest absolute Gasteiger partial charge is 0.356 e. The van der Waals surface area contributed by atoms with Crippen LogP contribution in [0.1, 0.15) is 55.7 Å². The highest BCUT2D eigenvalue weighted by Gasteiger charge is 2.29. The maximum Gasteiger partial charge on any atom is 0.133 e. The molecular weight excluding hydrogens is 306 g/mol. The molecule has 0 amide bonds. The lowest BCUT2D eigenvalue weighted by Crippen LogP contribution is -2.29. The Labute approximate surface area is 151 Å². The summed E-state index contributed by atoms with van der Waals surface area (Å²) in [6, 6.07) is 15.8. The highest BCUT2D eigenvalue weighted by atomic mass is 15.2. The average Bonchev–Trinajstić information content (AvgIpc) is 2.94. The molecule has 1 aromatic heterocycles. The zero-order chi connectivity index (χ0) is 16.9. The number of likely N-dealkylation sites (tertiary alicyclic amines) is 1. The minimum absolute atomic E-state index is 0.507. The quantitative estimate of drug-likeness (QED) is 0.800. The first-order valence-electron chi connectivity index (χ1n) is 9.90. The Morgan fingerprint density at radius 3 is 2.44 bits per heavy atom. The zero-order valence-corrected chi connectivity index (χ0v) is 15.1. The fourth-order valence-corrected chi connectivity index (χ4v) is 4.40. The number of pyridine rings is 1. The van der Waals surface area contributed by atoms with Crippen LogP contribution in [0.4, 0.5) is 5.82 Å². The monoisotopic (exact) mass is 335 g/mol. The van der Waals surface area contributed by atoms with Crippen LogP contribution in [0.3, 0.4) is 0 Å². The molecule has 3 nitrogen and oxygen atoms in total. The molecule has 2 aliphatic rings. The fraction of sp³-hybridized carbons (Fsp3) is 0.500. The summed E-state index contributed by atoms with van der Waals surface area (Å²) in [7, 11) is 0. The van der Waals surface area contributed by atoms with Crippen LogP contribution in [0.25, 0.3) is 0 Å². The molecule has 0 radical (unpaired) electrons. The normalized spacial score (nSPS) is 22.1. The Hall–Kier alpha value is -1.87. The third-order valence-corrected chi connectivity index (χ3v) is 5.67. The number of hydrogen-bond acceptors (Lipinski definition) is 3. The van der Waals surface area contributed by atoms with Gasteiger partial charge in [0, 0.05) is 37.4 Å². The molecule has 0 bridgehead atoms. The van der Waals surface area contributed by atoms with Crippen molar-refractivity contribution in [1.82, 2.24) is 9.88 Å². The molecule has 0 unspecified atom stereocenters. The molecule has 1 aromatic carbocycles. The zero-order valence-electron chi connectivity index (χ0n) is 15.1. The van der Waals surface area contributed by atoms with E-state index >= 15 is 0 Å². The van der Waals surface area contributed by atoms with Crippen molar-refractivity contribution in [2.24, 2.45) is 0 Å². The molecule has 2 aromatic rings. The topological polar surface area (TPSA) is 19.4 Å². The molecule has 0 saturated carbocycles. The molecule has 0 aliphatic carbocycles. The van der Waals surface area contributed by atoms with Crippen LogP contribution in [0, 0.1) is 0 Å². The van der Waals surface area contributed by atoms with Gasteiger partial charge in [0.1, 0.15) is 5.82 Å². The van der Waals surface area contributed by atoms with Gasteiger partial charge < -0.3 is 4.90 Å². The van der Waals surface area contributed by atoms with Crippen LogP contribution in [0.5, 0.6) is 0 Å². The first kappa shape index (κ1) is 16.6. The van der Waals surface area contributed by atoms with Crippen LogP contribution >= 0.6 is 0 Å². The molecule has 2 fully saturated rings. The van der Waals surface area contributed by atoms with Crippen LogP contribution in [-0.2, 0) is 6.54 Å². The molecule has 3 heteroatoms. The van der Waals surface area contributed by atoms with Crippen LogP contribution in [-0.4, -0.2) is 29.5 Å². The predicted octanol–water partition coefficient (Wildman–Crippen LogP) is 4.80. The van der Waals surface area contributed by atoms with Gasteiger partial charge in [-0.15, -0.1) is 0 Å². The average molecular weight is 335 g/mol. The maximum absolute atomic E-state index is 4.83. The van der Waals surface area contributed by atoms with E-state index in [1.807, 2.05) is 6.20 Å². The van der Waals surface area contributed by atoms with Gasteiger partial charge in [0.2, 0.25) is 0 Å². The summed E-state index contributed by atoms with van der Waals surface area (Å²) >= 11 is 0. The fourth-order valence-electron chi connectivity index (χ4n) is 4.40. The van der Waals surface area contributed by atoms with Crippen molar-refractivity contribution in [3.8, 4) is 0 Å². The van der Waals surface area contributed by atoms with E-state index in [0.717, 1.165) is 19.6 Å². The number of hydrogen-bond donors (Lipinski definition) is 0. The van der Waals surface area contributed by atoms with Crippen molar-refractivity contribution in [3.63, 3.8) is 0 Å². The van der Waals surface area contributed by atoms with Gasteiger partial charge in [0.15, 0.2) is 0 Å². The second-order valence-corrected chi connectivity index (χ2v) is 7.43. The smallest absolute Gasteiger partial charge is 0.133 e. The molecular formula is C22H29N3. The lowest BCUT2D eigenvalue weighted by molar-refractivity contribution is 0.248. The molecule has 4 rings (SSSR count). The van der Waals surface area contributed by atoms with Crippen LogP contribution in [0.2, 0.25) is 0 Å². The summed E-state index contributed by atoms with van der Waals surface area (Å²) in [4.78, 5) is 10.0. The summed E-state index contributed by atoms with van der Waals surface area (Å²) in [5, 5.41) is 0. The van der Waals surface area contributed by atoms with E-state index in [9.17, 15) is 0 Å². The number of anilines is 1. The molecule has 0 N–H and O–H groups in total. The molecule has 132 valence electrons. The second kappa shape index (κ2) is 8.01. The van der Waals surface area contributed by atoms with E-state index in [-0.39, 0.29) is 0 Å². The highest BCUT2D eigenvalue weighted by molar-refractivity contribution is 5.49. The Balaban J connectivity index is 1.57. The van der Waals surface area contributed by atoms with E-state index in [2.05, 4.69) is 52.3 Å². The maximum atomic E-state index is 4.83. The van der Waals surface area contributed by atoms with Crippen molar-refractivity contribution in [2.75, 3.05) is 24.5 Å². The Morgan fingerprint density at radius 2 is 1.64 bits per heavy atom. The van der Waals surface area contributed by atoms with Gasteiger partial charge in [-0.1, -0.05) is 49.2 Å². The van der Waals surface area contributed by atoms with Gasteiger partial charge in [-0.05, 0) is 43.9 Å². The van der Waals surface area contributed by atoms with Crippen molar-refractivity contribution >= 4 is 5.82 Å². The number of aromatic nitrogens is 1. The minimum Gasteiger partial charge on any atom is -0.356 e. The van der Waals surface area contributed by atoms with Crippen LogP contribution in [0.15, 0.2) is 48.7 Å². The summed E-state index contributed by atoms with van der Waals surface area (Å²) in [5.41, 5.74) is 2.85. The standard InChI is InChI=1S/C22H29N3/c1-2-7-16-24(15-6-1)22-20(12-8-14-23-22)21-13-9-17-25(21)18-19-10-4-3-5-11-19/h3-5,8,10-12,14,21H,1-2,6-7,9,13,15-18H2/t21-/m1/s1. The van der Waals surface area contributed by atoms with E-state index in [0.29, 0.717) is 6.04 Å². The van der Waals surface area contributed by atoms with Crippen molar-refractivity contribution in [2.45, 2.75) is 51.1 Å². The van der Waals surface area contributed by atoms with Gasteiger partial charge in [-0.3, -0.25) is 4.90 Å². The van der Waals surface area contributed by atoms with E-state index < -0.39 is 0 Å². The van der Waals surface area contributed by atoms with Gasteiger partial charge in [-0.2, -0.15) is 0 Å². The summed E-state index contributed by atoms with van der Waals surface area (Å²) < 4.78 is 0. The van der Waals surface area contributed by atoms with Crippen molar-refractivity contribution in [3.05, 3.63) is 59.8 Å². The van der Waals surface area contributed by atoms with Crippen molar-refractivity contribution < 1.29 is 0 Å². The number of nitrogens with zero attached hydrogens (tertiary/aromatic N) is 3. The first-order chi connectivity index (χ1) is 12.4. The molecule has 2 saturated heterocycles. The lowest BCUT2D eigenvalue weighted by Gasteiger charge is -2.30. The van der Waals surface area contributed by atoms with Crippen molar-refractivity contribution in [1.29, 1.82) is 0 Å². The number of rotatable bonds is 4. The predicted molar refractivity (Wildman–Crippen MR) is 104 cm³/mol. The van der Waals surface area contributed by atoms with Gasteiger partial charge in [0.05, 0.1) is 0 Å². The first-order valence-corrected chi connectivity index (χ1v) is 9.90. The van der Waals surface area contributed by atoms with E-state index in [4.69, 9.17) is 4.98 Å². The summed E-state index contributed by atoms with van der Waals surface area (Å²) in [5.74, 6) is 1.24. The summed E-state index contributed by atoms with van der Waals surface area (Å²) in [6.45, 7) is 4.55. The lowest BCUT2D eigenvalue weighted by atomic mass is 10.0. The molecule has 2 aliphatic heterocycles. The SMILES string of the molecule is c1ccc(CN2CCC[C@@H]2c2cccnc2N2CCCCCC2)cc1. The molecule has 1 atom stereocenters. The molecule has 3 heterocycles. The Morgan fingerprint density at radius 1 is 0.840 bits per heavy atom. The number of benzene rings is 1. The van der Waals surface area contributed by atoms with Gasteiger partial charge in [0.25, 0.3) is 0 Å². The van der Waals surface area contributed by atoms with Crippen LogP contribution < -0.4 is 4.90 Å². The van der Waals surface area contributed by atoms with E-state index in [1.54, 1.807) is 0 Å². The minimum atomic E-state index is 0.507. The third kappa shape index (κ3) is 3.87. The Bertz CT molecular complexity index is 662. The van der Waals surface area contributed by atoms with Gasteiger partial charge >= 0.3 is 0 Å². The molecule has 0 spiro atoms. The van der Waals surface area contributed by atoms with Gasteiger partial charge in [-0.25, -0.2) is 4.98 Å². The summed E-state index contributed by atoms with van der Waals surface area (Å²) in [6.07, 6.45) is 9.83.